The van der Waals surface area contributed by atoms with Gasteiger partial charge in [0, 0.05) is 38.1 Å². The second-order valence-corrected chi connectivity index (χ2v) is 16.1. The van der Waals surface area contributed by atoms with Gasteiger partial charge in [0.25, 0.3) is 0 Å². The Morgan fingerprint density at radius 1 is 0.306 bits per heavy atom. The van der Waals surface area contributed by atoms with Crippen molar-refractivity contribution in [3.8, 4) is 55.8 Å². The summed E-state index contributed by atoms with van der Waals surface area (Å²) in [5, 5.41) is 8.73. The SMILES string of the molecule is c1ccc(-c2ccc3c4ccc(-c5ccccc5)cc4c4nc(-c5cccc(-c6cccc(-c7cccc8c7oc7c8ccc8oc9ccccc9c87)c6)c5)cnc4c3c2)cc1. The number of hydrogen-bond acceptors (Lipinski definition) is 4. The van der Waals surface area contributed by atoms with Crippen LogP contribution in [-0.2, 0) is 0 Å². The van der Waals surface area contributed by atoms with E-state index in [2.05, 4.69) is 182 Å². The van der Waals surface area contributed by atoms with Crippen molar-refractivity contribution in [2.45, 2.75) is 0 Å². The van der Waals surface area contributed by atoms with Gasteiger partial charge in [0.15, 0.2) is 0 Å². The number of hydrogen-bond donors (Lipinski definition) is 0. The van der Waals surface area contributed by atoms with E-state index >= 15 is 0 Å². The van der Waals surface area contributed by atoms with E-state index in [9.17, 15) is 0 Å². The smallest absolute Gasteiger partial charge is 0.147 e. The molecule has 4 heteroatoms. The van der Waals surface area contributed by atoms with Crippen LogP contribution in [0.4, 0.5) is 0 Å². The molecule has 3 heterocycles. The van der Waals surface area contributed by atoms with Crippen LogP contribution in [0.1, 0.15) is 0 Å². The maximum absolute atomic E-state index is 6.82. The topological polar surface area (TPSA) is 52.1 Å². The van der Waals surface area contributed by atoms with Gasteiger partial charge in [0.2, 0.25) is 0 Å². The number of benzene rings is 10. The van der Waals surface area contributed by atoms with Crippen LogP contribution in [-0.4, -0.2) is 9.97 Å². The maximum Gasteiger partial charge on any atom is 0.147 e. The summed E-state index contributed by atoms with van der Waals surface area (Å²) in [6, 6.07) is 70.6. The van der Waals surface area contributed by atoms with E-state index in [0.717, 1.165) is 121 Å². The molecule has 13 aromatic rings. The van der Waals surface area contributed by atoms with Crippen molar-refractivity contribution >= 4 is 76.5 Å². The molecule has 0 unspecified atom stereocenters. The fourth-order valence-corrected chi connectivity index (χ4v) is 9.50. The second-order valence-electron chi connectivity index (χ2n) is 16.1. The average Bonchev–Trinajstić information content (AvgIpc) is 3.93. The fourth-order valence-electron chi connectivity index (χ4n) is 9.50. The van der Waals surface area contributed by atoms with Crippen molar-refractivity contribution in [3.05, 3.63) is 206 Å². The molecule has 62 heavy (non-hydrogen) atoms. The van der Waals surface area contributed by atoms with Crippen LogP contribution in [0.3, 0.4) is 0 Å². The van der Waals surface area contributed by atoms with E-state index in [1.807, 2.05) is 24.4 Å². The van der Waals surface area contributed by atoms with Gasteiger partial charge in [-0.25, -0.2) is 4.98 Å². The van der Waals surface area contributed by atoms with E-state index < -0.39 is 0 Å². The van der Waals surface area contributed by atoms with Crippen molar-refractivity contribution in [1.82, 2.24) is 9.97 Å². The zero-order valence-corrected chi connectivity index (χ0v) is 33.3. The Hall–Kier alpha value is -8.34. The minimum Gasteiger partial charge on any atom is -0.456 e. The summed E-state index contributed by atoms with van der Waals surface area (Å²) in [6.07, 6.45) is 1.93. The fraction of sp³-hybridized carbons (Fsp3) is 0. The Morgan fingerprint density at radius 2 is 0.855 bits per heavy atom. The van der Waals surface area contributed by atoms with Crippen LogP contribution < -0.4 is 0 Å². The summed E-state index contributed by atoms with van der Waals surface area (Å²) in [5.74, 6) is 0. The summed E-state index contributed by atoms with van der Waals surface area (Å²) in [7, 11) is 0. The highest BCUT2D eigenvalue weighted by atomic mass is 16.3. The van der Waals surface area contributed by atoms with Crippen molar-refractivity contribution < 1.29 is 8.83 Å². The number of furan rings is 2. The number of rotatable bonds is 5. The van der Waals surface area contributed by atoms with Gasteiger partial charge in [-0.15, -0.1) is 0 Å². The third kappa shape index (κ3) is 5.40. The third-order valence-corrected chi connectivity index (χ3v) is 12.5. The molecule has 0 spiro atoms. The Kier molecular flexibility index (Phi) is 7.57. The summed E-state index contributed by atoms with van der Waals surface area (Å²) in [4.78, 5) is 10.7. The molecule has 288 valence electrons. The quantitative estimate of drug-likeness (QED) is 0.163. The summed E-state index contributed by atoms with van der Waals surface area (Å²) < 4.78 is 13.0. The number of nitrogens with zero attached hydrogens (tertiary/aromatic N) is 2. The van der Waals surface area contributed by atoms with E-state index in [0.29, 0.717) is 0 Å². The van der Waals surface area contributed by atoms with Crippen LogP contribution in [0.2, 0.25) is 0 Å². The van der Waals surface area contributed by atoms with Gasteiger partial charge in [-0.05, 0) is 92.2 Å². The number of aromatic nitrogens is 2. The summed E-state index contributed by atoms with van der Waals surface area (Å²) >= 11 is 0. The Morgan fingerprint density at radius 3 is 1.60 bits per heavy atom. The van der Waals surface area contributed by atoms with Crippen LogP contribution in [0.25, 0.3) is 132 Å². The highest BCUT2D eigenvalue weighted by Crippen LogP contribution is 2.43. The molecule has 0 amide bonds. The second kappa shape index (κ2) is 13.6. The van der Waals surface area contributed by atoms with Crippen LogP contribution in [0.15, 0.2) is 215 Å². The van der Waals surface area contributed by atoms with Gasteiger partial charge < -0.3 is 8.83 Å². The standard InChI is InChI=1S/C58H34N2O2/c1-3-12-35(13-4-1)39-24-26-44-45-27-25-40(36-14-5-2-6-15-36)33-50(45)56-55(49(44)32-39)59-34-51(60-56)42-19-10-17-38(31-42)37-16-9-18-41(30-37)43-21-11-22-46-47-28-29-53-54(58(47)62-57(43)46)48-20-7-8-23-52(48)61-53/h1-34H. The molecule has 0 fully saturated rings. The molecule has 3 aromatic heterocycles. The zero-order valence-electron chi connectivity index (χ0n) is 33.3. The highest BCUT2D eigenvalue weighted by Gasteiger charge is 2.19. The highest BCUT2D eigenvalue weighted by molar-refractivity contribution is 6.25. The Labute approximate surface area is 356 Å². The van der Waals surface area contributed by atoms with Crippen molar-refractivity contribution in [3.63, 3.8) is 0 Å². The minimum absolute atomic E-state index is 0.825. The molecule has 0 aliphatic carbocycles. The van der Waals surface area contributed by atoms with E-state index in [4.69, 9.17) is 18.8 Å². The molecule has 0 aliphatic heterocycles. The lowest BCUT2D eigenvalue weighted by atomic mass is 9.93. The predicted molar refractivity (Wildman–Crippen MR) is 256 cm³/mol. The molecule has 0 saturated carbocycles. The van der Waals surface area contributed by atoms with Crippen molar-refractivity contribution in [1.29, 1.82) is 0 Å². The van der Waals surface area contributed by atoms with Crippen molar-refractivity contribution in [2.75, 3.05) is 0 Å². The Bertz CT molecular complexity index is 3920. The lowest BCUT2D eigenvalue weighted by Gasteiger charge is -2.14. The monoisotopic (exact) mass is 790 g/mol. The van der Waals surface area contributed by atoms with Crippen LogP contribution >= 0.6 is 0 Å². The molecule has 0 aliphatic rings. The molecule has 0 atom stereocenters. The predicted octanol–water partition coefficient (Wildman–Crippen LogP) is 16.1. The van der Waals surface area contributed by atoms with Gasteiger partial charge in [-0.2, -0.15) is 0 Å². The van der Waals surface area contributed by atoms with Crippen molar-refractivity contribution in [2.24, 2.45) is 0 Å². The number of fused-ring (bicyclic) bond motifs is 13. The normalized spacial score (nSPS) is 11.9. The molecule has 0 bridgehead atoms. The first-order valence-electron chi connectivity index (χ1n) is 21.0. The zero-order chi connectivity index (χ0) is 40.7. The molecule has 10 aromatic carbocycles. The first-order chi connectivity index (χ1) is 30.7. The van der Waals surface area contributed by atoms with Gasteiger partial charge in [-0.1, -0.05) is 158 Å². The van der Waals surface area contributed by atoms with Crippen LogP contribution in [0.5, 0.6) is 0 Å². The van der Waals surface area contributed by atoms with Gasteiger partial charge >= 0.3 is 0 Å². The van der Waals surface area contributed by atoms with Gasteiger partial charge in [0.1, 0.15) is 22.3 Å². The lowest BCUT2D eigenvalue weighted by molar-refractivity contribution is 0.663. The average molecular weight is 791 g/mol. The van der Waals surface area contributed by atoms with E-state index in [-0.39, 0.29) is 0 Å². The summed E-state index contributed by atoms with van der Waals surface area (Å²) in [6.45, 7) is 0. The Balaban J connectivity index is 0.941. The largest absolute Gasteiger partial charge is 0.456 e. The molecule has 13 rings (SSSR count). The molecular weight excluding hydrogens is 757 g/mol. The van der Waals surface area contributed by atoms with Gasteiger partial charge in [0.05, 0.1) is 28.3 Å². The third-order valence-electron chi connectivity index (χ3n) is 12.5. The van der Waals surface area contributed by atoms with E-state index in [1.54, 1.807) is 0 Å². The van der Waals surface area contributed by atoms with Crippen LogP contribution in [0, 0.1) is 0 Å². The first-order valence-corrected chi connectivity index (χ1v) is 21.0. The maximum atomic E-state index is 6.82. The van der Waals surface area contributed by atoms with E-state index in [1.165, 1.54) is 11.1 Å². The first kappa shape index (κ1) is 34.5. The molecule has 0 N–H and O–H groups in total. The lowest BCUT2D eigenvalue weighted by Crippen LogP contribution is -1.93. The molecule has 4 nitrogen and oxygen atoms in total. The minimum atomic E-state index is 0.825. The molecule has 0 radical (unpaired) electrons. The molecular formula is C58H34N2O2. The summed E-state index contributed by atoms with van der Waals surface area (Å²) in [5.41, 5.74) is 16.0. The van der Waals surface area contributed by atoms with Gasteiger partial charge in [-0.3, -0.25) is 4.98 Å². The molecule has 0 saturated heterocycles. The number of para-hydroxylation sites is 2.